The van der Waals surface area contributed by atoms with Crippen LogP contribution in [0.3, 0.4) is 0 Å². The maximum atomic E-state index is 13.9. The van der Waals surface area contributed by atoms with E-state index in [9.17, 15) is 9.18 Å². The molecule has 19 heavy (non-hydrogen) atoms. The van der Waals surface area contributed by atoms with Gasteiger partial charge in [0.2, 0.25) is 0 Å². The molecule has 0 saturated carbocycles. The van der Waals surface area contributed by atoms with Gasteiger partial charge in [0, 0.05) is 16.2 Å². The van der Waals surface area contributed by atoms with E-state index in [1.165, 1.54) is 19.2 Å². The number of carbonyl (C=O) groups is 1. The number of ether oxygens (including phenoxy) is 1. The van der Waals surface area contributed by atoms with E-state index in [0.29, 0.717) is 15.6 Å². The van der Waals surface area contributed by atoms with Gasteiger partial charge in [0.1, 0.15) is 11.6 Å². The monoisotopic (exact) mass is 324 g/mol. The fourth-order valence-electron chi connectivity index (χ4n) is 1.69. The second kappa shape index (κ2) is 5.36. The largest absolute Gasteiger partial charge is 0.465 e. The summed E-state index contributed by atoms with van der Waals surface area (Å²) >= 11 is 3.34. The summed E-state index contributed by atoms with van der Waals surface area (Å²) in [6, 6.07) is 5.88. The van der Waals surface area contributed by atoms with Gasteiger partial charge in [-0.1, -0.05) is 6.07 Å². The quantitative estimate of drug-likeness (QED) is 0.862. The lowest BCUT2D eigenvalue weighted by molar-refractivity contribution is 0.0595. The molecule has 0 fully saturated rings. The summed E-state index contributed by atoms with van der Waals surface area (Å²) in [5, 5.41) is 0. The van der Waals surface area contributed by atoms with Gasteiger partial charge in [-0.25, -0.2) is 14.2 Å². The highest BCUT2D eigenvalue weighted by Gasteiger charge is 2.15. The minimum absolute atomic E-state index is 0.121. The van der Waals surface area contributed by atoms with E-state index >= 15 is 0 Å². The molecule has 98 valence electrons. The van der Waals surface area contributed by atoms with Gasteiger partial charge >= 0.3 is 5.97 Å². The summed E-state index contributed by atoms with van der Waals surface area (Å²) in [5.74, 6) is -1.11. The summed E-state index contributed by atoms with van der Waals surface area (Å²) in [6.45, 7) is 0. The van der Waals surface area contributed by atoms with Gasteiger partial charge in [0.25, 0.3) is 0 Å². The van der Waals surface area contributed by atoms with Crippen LogP contribution >= 0.6 is 15.9 Å². The predicted molar refractivity (Wildman–Crippen MR) is 73.1 cm³/mol. The molecule has 2 aromatic rings. The molecule has 0 amide bonds. The Morgan fingerprint density at radius 2 is 2.16 bits per heavy atom. The topological polar surface area (TPSA) is 65.2 Å². The summed E-state index contributed by atoms with van der Waals surface area (Å²) in [5.41, 5.74) is 6.76. The summed E-state index contributed by atoms with van der Waals surface area (Å²) in [4.78, 5) is 15.3. The molecular formula is C13H10BrFN2O2. The highest BCUT2D eigenvalue weighted by atomic mass is 79.9. The molecule has 1 heterocycles. The van der Waals surface area contributed by atoms with Crippen LogP contribution in [-0.4, -0.2) is 18.1 Å². The smallest absolute Gasteiger partial charge is 0.340 e. The SMILES string of the molecule is COC(=O)c1ccc(-c2c(Br)ccnc2N)cc1F. The Labute approximate surface area is 117 Å². The zero-order chi connectivity index (χ0) is 14.0. The second-order valence-corrected chi connectivity index (χ2v) is 4.59. The van der Waals surface area contributed by atoms with Crippen LogP contribution in [0.1, 0.15) is 10.4 Å². The first-order valence-corrected chi connectivity index (χ1v) is 6.12. The third-order valence-corrected chi connectivity index (χ3v) is 3.25. The van der Waals surface area contributed by atoms with Gasteiger partial charge in [-0.05, 0) is 39.7 Å². The lowest BCUT2D eigenvalue weighted by Gasteiger charge is -2.09. The molecule has 0 saturated heterocycles. The van der Waals surface area contributed by atoms with Crippen molar-refractivity contribution in [3.8, 4) is 11.1 Å². The van der Waals surface area contributed by atoms with E-state index in [2.05, 4.69) is 25.7 Å². The van der Waals surface area contributed by atoms with Crippen molar-refractivity contribution in [2.24, 2.45) is 0 Å². The van der Waals surface area contributed by atoms with E-state index < -0.39 is 11.8 Å². The van der Waals surface area contributed by atoms with Gasteiger partial charge in [-0.2, -0.15) is 0 Å². The predicted octanol–water partition coefficient (Wildman–Crippen LogP) is 3.02. The minimum Gasteiger partial charge on any atom is -0.465 e. The average Bonchev–Trinajstić information content (AvgIpc) is 2.38. The maximum absolute atomic E-state index is 13.9. The molecular weight excluding hydrogens is 315 g/mol. The molecule has 0 aliphatic rings. The molecule has 0 aliphatic carbocycles. The standard InChI is InChI=1S/C13H10BrFN2O2/c1-19-13(18)8-3-2-7(6-10(8)15)11-9(14)4-5-17-12(11)16/h2-6H,1H3,(H2,16,17). The van der Waals surface area contributed by atoms with Crippen molar-refractivity contribution < 1.29 is 13.9 Å². The van der Waals surface area contributed by atoms with Crippen molar-refractivity contribution in [3.63, 3.8) is 0 Å². The maximum Gasteiger partial charge on any atom is 0.340 e. The zero-order valence-electron chi connectivity index (χ0n) is 9.98. The number of methoxy groups -OCH3 is 1. The molecule has 2 N–H and O–H groups in total. The van der Waals surface area contributed by atoms with Gasteiger partial charge < -0.3 is 10.5 Å². The van der Waals surface area contributed by atoms with Crippen LogP contribution in [0.15, 0.2) is 34.9 Å². The summed E-state index contributed by atoms with van der Waals surface area (Å²) in [6.07, 6.45) is 1.54. The third kappa shape index (κ3) is 2.58. The highest BCUT2D eigenvalue weighted by molar-refractivity contribution is 9.10. The number of nitrogens with zero attached hydrogens (tertiary/aromatic N) is 1. The van der Waals surface area contributed by atoms with E-state index in [1.807, 2.05) is 0 Å². The molecule has 0 atom stereocenters. The molecule has 4 nitrogen and oxygen atoms in total. The Bertz CT molecular complexity index is 626. The van der Waals surface area contributed by atoms with Gasteiger partial charge in [0.05, 0.1) is 12.7 Å². The molecule has 0 spiro atoms. The Morgan fingerprint density at radius 1 is 1.42 bits per heavy atom. The number of hydrogen-bond donors (Lipinski definition) is 1. The molecule has 2 rings (SSSR count). The number of halogens is 2. The Balaban J connectivity index is 2.54. The number of pyridine rings is 1. The van der Waals surface area contributed by atoms with Crippen LogP contribution in [0.5, 0.6) is 0 Å². The van der Waals surface area contributed by atoms with Crippen LogP contribution in [0.4, 0.5) is 10.2 Å². The number of esters is 1. The van der Waals surface area contributed by atoms with Crippen molar-refractivity contribution in [2.75, 3.05) is 12.8 Å². The van der Waals surface area contributed by atoms with Gasteiger partial charge in [-0.3, -0.25) is 0 Å². The van der Waals surface area contributed by atoms with Crippen molar-refractivity contribution in [2.45, 2.75) is 0 Å². The molecule has 0 aliphatic heterocycles. The first-order chi connectivity index (χ1) is 9.04. The highest BCUT2D eigenvalue weighted by Crippen LogP contribution is 2.32. The lowest BCUT2D eigenvalue weighted by atomic mass is 10.0. The van der Waals surface area contributed by atoms with Gasteiger partial charge in [-0.15, -0.1) is 0 Å². The molecule has 6 heteroatoms. The minimum atomic E-state index is -0.720. The number of anilines is 1. The number of rotatable bonds is 2. The molecule has 1 aromatic carbocycles. The number of nitrogen functional groups attached to an aromatic ring is 1. The number of hydrogen-bond acceptors (Lipinski definition) is 4. The molecule has 0 unspecified atom stereocenters. The number of nitrogens with two attached hydrogens (primary N) is 1. The van der Waals surface area contributed by atoms with Crippen molar-refractivity contribution in [1.82, 2.24) is 4.98 Å². The summed E-state index contributed by atoms with van der Waals surface area (Å²) in [7, 11) is 1.20. The van der Waals surface area contributed by atoms with Gasteiger partial charge in [0.15, 0.2) is 0 Å². The summed E-state index contributed by atoms with van der Waals surface area (Å²) < 4.78 is 19.0. The van der Waals surface area contributed by atoms with E-state index in [0.717, 1.165) is 0 Å². The van der Waals surface area contributed by atoms with Crippen LogP contribution in [-0.2, 0) is 4.74 Å². The van der Waals surface area contributed by atoms with Crippen molar-refractivity contribution in [3.05, 3.63) is 46.3 Å². The average molecular weight is 325 g/mol. The zero-order valence-corrected chi connectivity index (χ0v) is 11.6. The van der Waals surface area contributed by atoms with E-state index in [-0.39, 0.29) is 11.4 Å². The Morgan fingerprint density at radius 3 is 2.74 bits per heavy atom. The first-order valence-electron chi connectivity index (χ1n) is 5.32. The normalized spacial score (nSPS) is 10.3. The lowest BCUT2D eigenvalue weighted by Crippen LogP contribution is -2.04. The Hall–Kier alpha value is -1.95. The van der Waals surface area contributed by atoms with E-state index in [4.69, 9.17) is 5.73 Å². The number of benzene rings is 1. The van der Waals surface area contributed by atoms with E-state index in [1.54, 1.807) is 18.3 Å². The van der Waals surface area contributed by atoms with Crippen molar-refractivity contribution in [1.29, 1.82) is 0 Å². The molecule has 0 bridgehead atoms. The van der Waals surface area contributed by atoms with Crippen LogP contribution in [0.25, 0.3) is 11.1 Å². The van der Waals surface area contributed by atoms with Crippen LogP contribution < -0.4 is 5.73 Å². The first kappa shape index (κ1) is 13.5. The fourth-order valence-corrected chi connectivity index (χ4v) is 2.24. The second-order valence-electron chi connectivity index (χ2n) is 3.74. The van der Waals surface area contributed by atoms with Crippen LogP contribution in [0.2, 0.25) is 0 Å². The third-order valence-electron chi connectivity index (χ3n) is 2.59. The molecule has 0 radical (unpaired) electrons. The number of carbonyl (C=O) groups excluding carboxylic acids is 1. The number of aromatic nitrogens is 1. The fraction of sp³-hybridized carbons (Fsp3) is 0.0769. The molecule has 1 aromatic heterocycles. The van der Waals surface area contributed by atoms with Crippen molar-refractivity contribution >= 4 is 27.7 Å². The van der Waals surface area contributed by atoms with Crippen LogP contribution in [0, 0.1) is 5.82 Å². The Kier molecular flexibility index (Phi) is 3.80.